The minimum Gasteiger partial charge on any atom is -0.496 e. The molecule has 0 aliphatic heterocycles. The van der Waals surface area contributed by atoms with E-state index in [1.807, 2.05) is 48.1 Å². The third-order valence-electron chi connectivity index (χ3n) is 4.11. The van der Waals surface area contributed by atoms with Crippen molar-refractivity contribution >= 4 is 11.7 Å². The maximum absolute atomic E-state index is 12.6. The molecule has 136 valence electrons. The molecule has 0 bridgehead atoms. The number of hydrogen-bond acceptors (Lipinski definition) is 4. The minimum absolute atomic E-state index is 0.390. The van der Waals surface area contributed by atoms with Gasteiger partial charge in [-0.05, 0) is 30.3 Å². The number of aromatic nitrogens is 2. The van der Waals surface area contributed by atoms with Crippen LogP contribution in [0.3, 0.4) is 0 Å². The van der Waals surface area contributed by atoms with Gasteiger partial charge in [0.1, 0.15) is 17.6 Å². The third-order valence-corrected chi connectivity index (χ3v) is 4.11. The molecule has 1 atom stereocenters. The lowest BCUT2D eigenvalue weighted by atomic mass is 10.0. The molecule has 2 aromatic carbocycles. The van der Waals surface area contributed by atoms with E-state index in [9.17, 15) is 4.79 Å². The fraction of sp³-hybridized carbons (Fsp3) is 0.150. The third kappa shape index (κ3) is 4.07. The average molecular weight is 361 g/mol. The van der Waals surface area contributed by atoms with Crippen molar-refractivity contribution in [1.82, 2.24) is 14.9 Å². The Balaban J connectivity index is 1.86. The number of carbonyl (C=O) groups excluding carboxylic acids is 1. The van der Waals surface area contributed by atoms with Gasteiger partial charge in [-0.2, -0.15) is 5.26 Å². The van der Waals surface area contributed by atoms with E-state index >= 15 is 0 Å². The van der Waals surface area contributed by atoms with E-state index in [-0.39, 0.29) is 0 Å². The van der Waals surface area contributed by atoms with E-state index in [0.29, 0.717) is 22.8 Å². The van der Waals surface area contributed by atoms with Gasteiger partial charge in [0, 0.05) is 30.7 Å². The van der Waals surface area contributed by atoms with Crippen molar-refractivity contribution in [3.05, 3.63) is 77.9 Å². The second-order valence-electron chi connectivity index (χ2n) is 5.86. The number of para-hydroxylation sites is 1. The molecule has 0 saturated carbocycles. The number of nitrogens with one attached hydrogen (secondary N) is 2. The molecule has 1 heterocycles. The monoisotopic (exact) mass is 361 g/mol. The SMILES string of the molecule is COc1ccccc1C(NC(=O)Nc1ccc(C#N)cc1)c1nccn1C. The number of urea groups is 1. The van der Waals surface area contributed by atoms with Gasteiger partial charge >= 0.3 is 6.03 Å². The minimum atomic E-state index is -0.500. The number of imidazole rings is 1. The second-order valence-corrected chi connectivity index (χ2v) is 5.86. The van der Waals surface area contributed by atoms with Crippen LogP contribution in [-0.4, -0.2) is 22.7 Å². The topological polar surface area (TPSA) is 92.0 Å². The van der Waals surface area contributed by atoms with Crippen molar-refractivity contribution in [2.24, 2.45) is 7.05 Å². The van der Waals surface area contributed by atoms with Crippen LogP contribution in [0.5, 0.6) is 5.75 Å². The Kier molecular flexibility index (Phi) is 5.38. The molecule has 3 aromatic rings. The Hall–Kier alpha value is -3.79. The van der Waals surface area contributed by atoms with E-state index in [2.05, 4.69) is 15.6 Å². The van der Waals surface area contributed by atoms with Gasteiger partial charge in [-0.25, -0.2) is 9.78 Å². The van der Waals surface area contributed by atoms with Crippen molar-refractivity contribution in [2.45, 2.75) is 6.04 Å². The van der Waals surface area contributed by atoms with E-state index in [1.54, 1.807) is 37.6 Å². The molecule has 0 fully saturated rings. The summed E-state index contributed by atoms with van der Waals surface area (Å²) >= 11 is 0. The molecule has 7 heteroatoms. The number of carbonyl (C=O) groups is 1. The van der Waals surface area contributed by atoms with Crippen molar-refractivity contribution in [2.75, 3.05) is 12.4 Å². The highest BCUT2D eigenvalue weighted by molar-refractivity contribution is 5.89. The van der Waals surface area contributed by atoms with Crippen molar-refractivity contribution in [3.63, 3.8) is 0 Å². The van der Waals surface area contributed by atoms with Gasteiger partial charge in [0.15, 0.2) is 0 Å². The number of anilines is 1. The van der Waals surface area contributed by atoms with Crippen molar-refractivity contribution in [3.8, 4) is 11.8 Å². The number of benzene rings is 2. The summed E-state index contributed by atoms with van der Waals surface area (Å²) in [5.74, 6) is 1.33. The first-order chi connectivity index (χ1) is 13.1. The van der Waals surface area contributed by atoms with Crippen LogP contribution in [0, 0.1) is 11.3 Å². The van der Waals surface area contributed by atoms with Gasteiger partial charge in [0.25, 0.3) is 0 Å². The van der Waals surface area contributed by atoms with Crippen molar-refractivity contribution < 1.29 is 9.53 Å². The maximum Gasteiger partial charge on any atom is 0.320 e. The van der Waals surface area contributed by atoms with Crippen LogP contribution >= 0.6 is 0 Å². The highest BCUT2D eigenvalue weighted by Gasteiger charge is 2.23. The number of nitrogens with zero attached hydrogens (tertiary/aromatic N) is 3. The Morgan fingerprint density at radius 3 is 2.59 bits per heavy atom. The van der Waals surface area contributed by atoms with Gasteiger partial charge in [-0.3, -0.25) is 0 Å². The molecule has 0 spiro atoms. The zero-order chi connectivity index (χ0) is 19.2. The fourth-order valence-corrected chi connectivity index (χ4v) is 2.77. The molecule has 2 amide bonds. The molecule has 0 radical (unpaired) electrons. The van der Waals surface area contributed by atoms with Crippen LogP contribution in [0.1, 0.15) is 23.0 Å². The first-order valence-corrected chi connectivity index (χ1v) is 8.30. The molecule has 27 heavy (non-hydrogen) atoms. The molecule has 2 N–H and O–H groups in total. The van der Waals surface area contributed by atoms with E-state index in [1.165, 1.54) is 0 Å². The van der Waals surface area contributed by atoms with Gasteiger partial charge in [0.2, 0.25) is 0 Å². The molecule has 1 unspecified atom stereocenters. The number of aryl methyl sites for hydroxylation is 1. The summed E-state index contributed by atoms with van der Waals surface area (Å²) in [6.07, 6.45) is 3.50. The van der Waals surface area contributed by atoms with Crippen molar-refractivity contribution in [1.29, 1.82) is 5.26 Å². The molecule has 1 aromatic heterocycles. The molecule has 3 rings (SSSR count). The molecule has 0 saturated heterocycles. The van der Waals surface area contributed by atoms with Gasteiger partial charge in [-0.1, -0.05) is 18.2 Å². The molecule has 0 aliphatic rings. The standard InChI is InChI=1S/C20H19N5O2/c1-25-12-11-22-19(25)18(16-5-3-4-6-17(16)27-2)24-20(26)23-15-9-7-14(13-21)8-10-15/h3-12,18H,1-2H3,(H2,23,24,26). The van der Waals surface area contributed by atoms with Crippen LogP contribution in [0.2, 0.25) is 0 Å². The largest absolute Gasteiger partial charge is 0.496 e. The number of rotatable bonds is 5. The normalized spacial score (nSPS) is 11.3. The Labute approximate surface area is 157 Å². The Morgan fingerprint density at radius 2 is 1.96 bits per heavy atom. The Bertz CT molecular complexity index is 973. The van der Waals surface area contributed by atoms with Crippen LogP contribution in [0.25, 0.3) is 0 Å². The highest BCUT2D eigenvalue weighted by Crippen LogP contribution is 2.29. The smallest absolute Gasteiger partial charge is 0.320 e. The number of hydrogen-bond donors (Lipinski definition) is 2. The first-order valence-electron chi connectivity index (χ1n) is 8.30. The fourth-order valence-electron chi connectivity index (χ4n) is 2.77. The number of amides is 2. The number of methoxy groups -OCH3 is 1. The lowest BCUT2D eigenvalue weighted by Crippen LogP contribution is -2.34. The number of ether oxygens (including phenoxy) is 1. The van der Waals surface area contributed by atoms with Crippen LogP contribution in [0.4, 0.5) is 10.5 Å². The van der Waals surface area contributed by atoms with Gasteiger partial charge in [0.05, 0.1) is 18.7 Å². The summed E-state index contributed by atoms with van der Waals surface area (Å²) in [7, 11) is 3.45. The van der Waals surface area contributed by atoms with Crippen LogP contribution in [0.15, 0.2) is 60.9 Å². The summed E-state index contributed by atoms with van der Waals surface area (Å²) in [6, 6.07) is 15.3. The zero-order valence-corrected chi connectivity index (χ0v) is 15.0. The van der Waals surface area contributed by atoms with E-state index < -0.39 is 12.1 Å². The summed E-state index contributed by atoms with van der Waals surface area (Å²) < 4.78 is 7.30. The molecular formula is C20H19N5O2. The van der Waals surface area contributed by atoms with Crippen LogP contribution in [-0.2, 0) is 7.05 Å². The second kappa shape index (κ2) is 8.06. The quantitative estimate of drug-likeness (QED) is 0.730. The summed E-state index contributed by atoms with van der Waals surface area (Å²) in [6.45, 7) is 0. The number of nitriles is 1. The lowest BCUT2D eigenvalue weighted by Gasteiger charge is -2.21. The summed E-state index contributed by atoms with van der Waals surface area (Å²) in [4.78, 5) is 17.0. The predicted octanol–water partition coefficient (Wildman–Crippen LogP) is 3.21. The zero-order valence-electron chi connectivity index (χ0n) is 15.0. The predicted molar refractivity (Wildman–Crippen MR) is 101 cm³/mol. The van der Waals surface area contributed by atoms with Crippen LogP contribution < -0.4 is 15.4 Å². The Morgan fingerprint density at radius 1 is 1.22 bits per heavy atom. The first kappa shape index (κ1) is 18.0. The molecular weight excluding hydrogens is 342 g/mol. The van der Waals surface area contributed by atoms with Gasteiger partial charge in [-0.15, -0.1) is 0 Å². The average Bonchev–Trinajstić information content (AvgIpc) is 3.12. The lowest BCUT2D eigenvalue weighted by molar-refractivity contribution is 0.249. The maximum atomic E-state index is 12.6. The van der Waals surface area contributed by atoms with E-state index in [0.717, 1.165) is 5.56 Å². The molecule has 7 nitrogen and oxygen atoms in total. The summed E-state index contributed by atoms with van der Waals surface area (Å²) in [5, 5.41) is 14.6. The summed E-state index contributed by atoms with van der Waals surface area (Å²) in [5.41, 5.74) is 1.91. The highest BCUT2D eigenvalue weighted by atomic mass is 16.5. The molecule has 0 aliphatic carbocycles. The van der Waals surface area contributed by atoms with Gasteiger partial charge < -0.3 is 19.9 Å². The van der Waals surface area contributed by atoms with E-state index in [4.69, 9.17) is 10.00 Å².